The third kappa shape index (κ3) is 3.97. The highest BCUT2D eigenvalue weighted by molar-refractivity contribution is 6.42. The van der Waals surface area contributed by atoms with Gasteiger partial charge in [-0.2, -0.15) is 0 Å². The lowest BCUT2D eigenvalue weighted by molar-refractivity contribution is 0.374. The van der Waals surface area contributed by atoms with Crippen LogP contribution in [0.25, 0.3) is 0 Å². The van der Waals surface area contributed by atoms with Crippen molar-refractivity contribution in [2.75, 3.05) is 13.6 Å². The average Bonchev–Trinajstić information content (AvgIpc) is 2.24. The first-order valence-electron chi connectivity index (χ1n) is 5.63. The van der Waals surface area contributed by atoms with Gasteiger partial charge < -0.3 is 5.32 Å². The Labute approximate surface area is 108 Å². The molecule has 0 saturated heterocycles. The van der Waals surface area contributed by atoms with E-state index in [-0.39, 0.29) is 0 Å². The molecule has 0 radical (unpaired) electrons. The second-order valence-electron chi connectivity index (χ2n) is 4.46. The maximum Gasteiger partial charge on any atom is 0.0595 e. The normalized spacial score (nSPS) is 14.8. The second kappa shape index (κ2) is 6.48. The van der Waals surface area contributed by atoms with Gasteiger partial charge in [-0.3, -0.25) is 0 Å². The zero-order valence-corrected chi connectivity index (χ0v) is 11.6. The summed E-state index contributed by atoms with van der Waals surface area (Å²) in [6.07, 6.45) is 1.04. The van der Waals surface area contributed by atoms with Crippen molar-refractivity contribution in [3.8, 4) is 0 Å². The van der Waals surface area contributed by atoms with Crippen LogP contribution >= 0.6 is 23.2 Å². The Balaban J connectivity index is 2.62. The van der Waals surface area contributed by atoms with Crippen LogP contribution in [0.5, 0.6) is 0 Å². The Morgan fingerprint density at radius 2 is 1.81 bits per heavy atom. The topological polar surface area (TPSA) is 12.0 Å². The molecule has 0 spiro atoms. The lowest BCUT2D eigenvalue weighted by atomic mass is 9.89. The summed E-state index contributed by atoms with van der Waals surface area (Å²) in [5, 5.41) is 4.48. The molecule has 1 aromatic rings. The van der Waals surface area contributed by atoms with E-state index in [0.29, 0.717) is 21.9 Å². The Hall–Kier alpha value is -0.240. The molecule has 1 nitrogen and oxygen atoms in total. The zero-order chi connectivity index (χ0) is 12.1. The van der Waals surface area contributed by atoms with Crippen LogP contribution < -0.4 is 5.32 Å². The second-order valence-corrected chi connectivity index (χ2v) is 5.28. The third-order valence-corrected chi connectivity index (χ3v) is 3.78. The SMILES string of the molecule is CNCC(C)C(C)Cc1ccc(Cl)c(Cl)c1. The smallest absolute Gasteiger partial charge is 0.0595 e. The van der Waals surface area contributed by atoms with Gasteiger partial charge in [0, 0.05) is 0 Å². The van der Waals surface area contributed by atoms with Gasteiger partial charge in [0.25, 0.3) is 0 Å². The highest BCUT2D eigenvalue weighted by Gasteiger charge is 2.12. The predicted molar refractivity (Wildman–Crippen MR) is 72.4 cm³/mol. The van der Waals surface area contributed by atoms with E-state index in [1.54, 1.807) is 0 Å². The van der Waals surface area contributed by atoms with E-state index >= 15 is 0 Å². The molecule has 2 atom stereocenters. The van der Waals surface area contributed by atoms with E-state index in [4.69, 9.17) is 23.2 Å². The number of halogens is 2. The summed E-state index contributed by atoms with van der Waals surface area (Å²) < 4.78 is 0. The molecule has 16 heavy (non-hydrogen) atoms. The standard InChI is InChI=1S/C13H19Cl2N/c1-9(10(2)8-16-3)6-11-4-5-12(14)13(15)7-11/h4-5,7,9-10,16H,6,8H2,1-3H3. The molecule has 0 heterocycles. The van der Waals surface area contributed by atoms with Crippen LogP contribution in [0.2, 0.25) is 10.0 Å². The molecule has 0 fully saturated rings. The van der Waals surface area contributed by atoms with Crippen LogP contribution in [0, 0.1) is 11.8 Å². The molecule has 90 valence electrons. The van der Waals surface area contributed by atoms with E-state index < -0.39 is 0 Å². The lowest BCUT2D eigenvalue weighted by Crippen LogP contribution is -2.23. The molecule has 1 rings (SSSR count). The molecule has 0 saturated carbocycles. The van der Waals surface area contributed by atoms with Gasteiger partial charge in [0.15, 0.2) is 0 Å². The number of hydrogen-bond donors (Lipinski definition) is 1. The highest BCUT2D eigenvalue weighted by atomic mass is 35.5. The van der Waals surface area contributed by atoms with E-state index in [1.807, 2.05) is 19.2 Å². The summed E-state index contributed by atoms with van der Waals surface area (Å²) in [6, 6.07) is 5.89. The van der Waals surface area contributed by atoms with Crippen LogP contribution in [0.15, 0.2) is 18.2 Å². The van der Waals surface area contributed by atoms with Crippen molar-refractivity contribution in [3.63, 3.8) is 0 Å². The van der Waals surface area contributed by atoms with Gasteiger partial charge in [0.1, 0.15) is 0 Å². The first-order chi connectivity index (χ1) is 7.54. The minimum Gasteiger partial charge on any atom is -0.319 e. The van der Waals surface area contributed by atoms with Crippen molar-refractivity contribution < 1.29 is 0 Å². The summed E-state index contributed by atoms with van der Waals surface area (Å²) in [6.45, 7) is 5.58. The summed E-state index contributed by atoms with van der Waals surface area (Å²) in [4.78, 5) is 0. The van der Waals surface area contributed by atoms with E-state index in [2.05, 4.69) is 25.2 Å². The molecule has 3 heteroatoms. The van der Waals surface area contributed by atoms with Gasteiger partial charge in [-0.05, 0) is 49.5 Å². The van der Waals surface area contributed by atoms with Gasteiger partial charge in [0.05, 0.1) is 10.0 Å². The van der Waals surface area contributed by atoms with Crippen molar-refractivity contribution in [1.29, 1.82) is 0 Å². The number of nitrogens with one attached hydrogen (secondary N) is 1. The molecule has 0 aromatic heterocycles. The van der Waals surface area contributed by atoms with Crippen molar-refractivity contribution in [2.24, 2.45) is 11.8 Å². The fourth-order valence-electron chi connectivity index (χ4n) is 1.76. The largest absolute Gasteiger partial charge is 0.319 e. The van der Waals surface area contributed by atoms with Crippen LogP contribution in [0.4, 0.5) is 0 Å². The molecule has 0 bridgehead atoms. The maximum absolute atomic E-state index is 5.99. The van der Waals surface area contributed by atoms with Gasteiger partial charge in [0.2, 0.25) is 0 Å². The number of hydrogen-bond acceptors (Lipinski definition) is 1. The van der Waals surface area contributed by atoms with Crippen molar-refractivity contribution in [1.82, 2.24) is 5.32 Å². The van der Waals surface area contributed by atoms with Crippen molar-refractivity contribution >= 4 is 23.2 Å². The zero-order valence-electron chi connectivity index (χ0n) is 10.1. The molecule has 0 amide bonds. The molecule has 1 N–H and O–H groups in total. The fourth-order valence-corrected chi connectivity index (χ4v) is 2.08. The fraction of sp³-hybridized carbons (Fsp3) is 0.538. The summed E-state index contributed by atoms with van der Waals surface area (Å²) in [5.74, 6) is 1.28. The Bertz CT molecular complexity index is 339. The minimum atomic E-state index is 0.626. The lowest BCUT2D eigenvalue weighted by Gasteiger charge is -2.19. The maximum atomic E-state index is 5.99. The van der Waals surface area contributed by atoms with Crippen LogP contribution in [0.1, 0.15) is 19.4 Å². The molecule has 1 aromatic carbocycles. The minimum absolute atomic E-state index is 0.626. The van der Waals surface area contributed by atoms with Gasteiger partial charge in [-0.15, -0.1) is 0 Å². The Kier molecular flexibility index (Phi) is 5.60. The van der Waals surface area contributed by atoms with Crippen LogP contribution in [-0.2, 0) is 6.42 Å². The van der Waals surface area contributed by atoms with Gasteiger partial charge in [-0.1, -0.05) is 43.1 Å². The van der Waals surface area contributed by atoms with Crippen molar-refractivity contribution in [2.45, 2.75) is 20.3 Å². The highest BCUT2D eigenvalue weighted by Crippen LogP contribution is 2.25. The van der Waals surface area contributed by atoms with Crippen molar-refractivity contribution in [3.05, 3.63) is 33.8 Å². The number of rotatable bonds is 5. The first-order valence-corrected chi connectivity index (χ1v) is 6.38. The van der Waals surface area contributed by atoms with E-state index in [1.165, 1.54) is 5.56 Å². The van der Waals surface area contributed by atoms with E-state index in [0.717, 1.165) is 13.0 Å². The predicted octanol–water partition coefficient (Wildman–Crippen LogP) is 4.03. The van der Waals surface area contributed by atoms with Gasteiger partial charge in [-0.25, -0.2) is 0 Å². The van der Waals surface area contributed by atoms with E-state index in [9.17, 15) is 0 Å². The number of benzene rings is 1. The first kappa shape index (κ1) is 13.8. The molecular formula is C13H19Cl2N. The monoisotopic (exact) mass is 259 g/mol. The summed E-state index contributed by atoms with van der Waals surface area (Å²) in [7, 11) is 1.99. The summed E-state index contributed by atoms with van der Waals surface area (Å²) in [5.41, 5.74) is 1.25. The Morgan fingerprint density at radius 3 is 2.38 bits per heavy atom. The van der Waals surface area contributed by atoms with Crippen LogP contribution in [0.3, 0.4) is 0 Å². The average molecular weight is 260 g/mol. The van der Waals surface area contributed by atoms with Crippen LogP contribution in [-0.4, -0.2) is 13.6 Å². The molecule has 0 aliphatic carbocycles. The third-order valence-electron chi connectivity index (χ3n) is 3.04. The quantitative estimate of drug-likeness (QED) is 0.842. The summed E-state index contributed by atoms with van der Waals surface area (Å²) >= 11 is 11.9. The molecule has 0 aliphatic rings. The Morgan fingerprint density at radius 1 is 1.12 bits per heavy atom. The molecule has 0 aliphatic heterocycles. The molecular weight excluding hydrogens is 241 g/mol. The van der Waals surface area contributed by atoms with Gasteiger partial charge >= 0.3 is 0 Å². The molecule has 2 unspecified atom stereocenters.